The first-order valence-electron chi connectivity index (χ1n) is 6.26. The molecular weight excluding hydrogens is 212 g/mol. The fourth-order valence-electron chi connectivity index (χ4n) is 2.40. The van der Waals surface area contributed by atoms with Gasteiger partial charge in [0.05, 0.1) is 5.69 Å². The Balaban J connectivity index is 2.05. The summed E-state index contributed by atoms with van der Waals surface area (Å²) in [5, 5.41) is 0. The van der Waals surface area contributed by atoms with Crippen LogP contribution in [0.4, 0.5) is 0 Å². The molecule has 1 fully saturated rings. The summed E-state index contributed by atoms with van der Waals surface area (Å²) in [6, 6.07) is 4.61. The monoisotopic (exact) mass is 234 g/mol. The standard InChI is InChI=1S/C13H22N4/c1-11-9-16(2)6-7-17(11)10-13-12(8-14)4-3-5-15-13/h3-5,11H,6-10,14H2,1-2H3. The first-order chi connectivity index (χ1) is 8.20. The maximum absolute atomic E-state index is 5.75. The van der Waals surface area contributed by atoms with E-state index in [0.29, 0.717) is 12.6 Å². The van der Waals surface area contributed by atoms with Gasteiger partial charge in [-0.05, 0) is 25.6 Å². The summed E-state index contributed by atoms with van der Waals surface area (Å²) in [7, 11) is 2.18. The quantitative estimate of drug-likeness (QED) is 0.835. The van der Waals surface area contributed by atoms with E-state index >= 15 is 0 Å². The zero-order chi connectivity index (χ0) is 12.3. The Bertz CT molecular complexity index is 366. The SMILES string of the molecule is CC1CN(C)CCN1Cc1ncccc1CN. The highest BCUT2D eigenvalue weighted by Crippen LogP contribution is 2.14. The Labute approximate surface area is 103 Å². The molecule has 2 rings (SSSR count). The Morgan fingerprint density at radius 1 is 1.47 bits per heavy atom. The number of pyridine rings is 1. The molecule has 0 amide bonds. The molecule has 1 aromatic heterocycles. The van der Waals surface area contributed by atoms with Crippen LogP contribution in [0.2, 0.25) is 0 Å². The summed E-state index contributed by atoms with van der Waals surface area (Å²) in [6.45, 7) is 7.15. The Kier molecular flexibility index (Phi) is 4.10. The van der Waals surface area contributed by atoms with Crippen molar-refractivity contribution in [3.05, 3.63) is 29.6 Å². The molecule has 0 spiro atoms. The predicted octanol–water partition coefficient (Wildman–Crippen LogP) is 0.676. The molecule has 1 aliphatic heterocycles. The van der Waals surface area contributed by atoms with Gasteiger partial charge in [-0.3, -0.25) is 9.88 Å². The number of rotatable bonds is 3. The molecule has 1 aliphatic rings. The van der Waals surface area contributed by atoms with Gasteiger partial charge in [0.15, 0.2) is 0 Å². The average Bonchev–Trinajstić information content (AvgIpc) is 2.33. The van der Waals surface area contributed by atoms with Gasteiger partial charge in [0.25, 0.3) is 0 Å². The minimum atomic E-state index is 0.575. The van der Waals surface area contributed by atoms with Gasteiger partial charge >= 0.3 is 0 Å². The van der Waals surface area contributed by atoms with Crippen LogP contribution in [0, 0.1) is 0 Å². The normalized spacial score (nSPS) is 22.9. The maximum Gasteiger partial charge on any atom is 0.0588 e. The van der Waals surface area contributed by atoms with Gasteiger partial charge in [0.2, 0.25) is 0 Å². The van der Waals surface area contributed by atoms with Crippen molar-refractivity contribution in [2.45, 2.75) is 26.1 Å². The number of nitrogens with zero attached hydrogens (tertiary/aromatic N) is 3. The second-order valence-corrected chi connectivity index (χ2v) is 4.90. The molecular formula is C13H22N4. The second-order valence-electron chi connectivity index (χ2n) is 4.90. The number of hydrogen-bond acceptors (Lipinski definition) is 4. The van der Waals surface area contributed by atoms with Crippen molar-refractivity contribution in [3.63, 3.8) is 0 Å². The van der Waals surface area contributed by atoms with Crippen LogP contribution >= 0.6 is 0 Å². The van der Waals surface area contributed by atoms with E-state index in [2.05, 4.69) is 34.8 Å². The Morgan fingerprint density at radius 2 is 2.29 bits per heavy atom. The van der Waals surface area contributed by atoms with Gasteiger partial charge < -0.3 is 10.6 Å². The lowest BCUT2D eigenvalue weighted by atomic mass is 10.1. The van der Waals surface area contributed by atoms with Crippen molar-refractivity contribution in [2.75, 3.05) is 26.7 Å². The number of nitrogens with two attached hydrogens (primary N) is 1. The van der Waals surface area contributed by atoms with E-state index < -0.39 is 0 Å². The van der Waals surface area contributed by atoms with Crippen LogP contribution in [0.15, 0.2) is 18.3 Å². The van der Waals surface area contributed by atoms with Crippen molar-refractivity contribution in [1.82, 2.24) is 14.8 Å². The third kappa shape index (κ3) is 3.03. The summed E-state index contributed by atoms with van der Waals surface area (Å²) in [5.74, 6) is 0. The third-order valence-corrected chi connectivity index (χ3v) is 3.53. The average molecular weight is 234 g/mol. The lowest BCUT2D eigenvalue weighted by molar-refractivity contribution is 0.0924. The summed E-state index contributed by atoms with van der Waals surface area (Å²) in [4.78, 5) is 9.33. The van der Waals surface area contributed by atoms with Crippen molar-refractivity contribution in [1.29, 1.82) is 0 Å². The molecule has 0 radical (unpaired) electrons. The summed E-state index contributed by atoms with van der Waals surface area (Å²) in [5.41, 5.74) is 8.04. The molecule has 1 atom stereocenters. The fourth-order valence-corrected chi connectivity index (χ4v) is 2.40. The lowest BCUT2D eigenvalue weighted by Crippen LogP contribution is -2.50. The van der Waals surface area contributed by atoms with Crippen LogP contribution in [-0.2, 0) is 13.1 Å². The highest BCUT2D eigenvalue weighted by molar-refractivity contribution is 5.19. The second kappa shape index (κ2) is 5.58. The number of hydrogen-bond donors (Lipinski definition) is 1. The molecule has 94 valence electrons. The fraction of sp³-hybridized carbons (Fsp3) is 0.615. The Morgan fingerprint density at radius 3 is 3.00 bits per heavy atom. The summed E-state index contributed by atoms with van der Waals surface area (Å²) < 4.78 is 0. The van der Waals surface area contributed by atoms with E-state index in [1.807, 2.05) is 12.3 Å². The van der Waals surface area contributed by atoms with E-state index in [1.54, 1.807) is 0 Å². The van der Waals surface area contributed by atoms with E-state index in [4.69, 9.17) is 5.73 Å². The minimum Gasteiger partial charge on any atom is -0.326 e. The third-order valence-electron chi connectivity index (χ3n) is 3.53. The predicted molar refractivity (Wildman–Crippen MR) is 69.5 cm³/mol. The molecule has 1 saturated heterocycles. The topological polar surface area (TPSA) is 45.4 Å². The molecule has 0 bridgehead atoms. The maximum atomic E-state index is 5.75. The van der Waals surface area contributed by atoms with Crippen molar-refractivity contribution in [3.8, 4) is 0 Å². The first-order valence-corrected chi connectivity index (χ1v) is 6.26. The molecule has 4 heteroatoms. The van der Waals surface area contributed by atoms with E-state index in [1.165, 1.54) is 5.56 Å². The highest BCUT2D eigenvalue weighted by Gasteiger charge is 2.22. The Hall–Kier alpha value is -0.970. The molecule has 4 nitrogen and oxygen atoms in total. The van der Waals surface area contributed by atoms with Gasteiger partial charge in [-0.1, -0.05) is 6.07 Å². The van der Waals surface area contributed by atoms with Crippen LogP contribution in [0.5, 0.6) is 0 Å². The number of aromatic nitrogens is 1. The first kappa shape index (κ1) is 12.5. The van der Waals surface area contributed by atoms with Crippen LogP contribution in [0.25, 0.3) is 0 Å². The minimum absolute atomic E-state index is 0.575. The van der Waals surface area contributed by atoms with E-state index in [-0.39, 0.29) is 0 Å². The molecule has 0 aliphatic carbocycles. The summed E-state index contributed by atoms with van der Waals surface area (Å²) in [6.07, 6.45) is 1.86. The number of likely N-dealkylation sites (N-methyl/N-ethyl adjacent to an activating group) is 1. The zero-order valence-electron chi connectivity index (χ0n) is 10.8. The van der Waals surface area contributed by atoms with Crippen molar-refractivity contribution in [2.24, 2.45) is 5.73 Å². The van der Waals surface area contributed by atoms with Gasteiger partial charge in [-0.25, -0.2) is 0 Å². The van der Waals surface area contributed by atoms with Crippen LogP contribution < -0.4 is 5.73 Å². The van der Waals surface area contributed by atoms with Crippen LogP contribution in [-0.4, -0.2) is 47.5 Å². The zero-order valence-corrected chi connectivity index (χ0v) is 10.8. The highest BCUT2D eigenvalue weighted by atomic mass is 15.3. The molecule has 1 aromatic rings. The molecule has 0 aromatic carbocycles. The van der Waals surface area contributed by atoms with Gasteiger partial charge in [-0.15, -0.1) is 0 Å². The van der Waals surface area contributed by atoms with Crippen LogP contribution in [0.1, 0.15) is 18.2 Å². The van der Waals surface area contributed by atoms with Crippen molar-refractivity contribution < 1.29 is 0 Å². The van der Waals surface area contributed by atoms with E-state index in [9.17, 15) is 0 Å². The van der Waals surface area contributed by atoms with Gasteiger partial charge in [0, 0.05) is 45.0 Å². The van der Waals surface area contributed by atoms with Crippen molar-refractivity contribution >= 4 is 0 Å². The molecule has 2 heterocycles. The molecule has 1 unspecified atom stereocenters. The van der Waals surface area contributed by atoms with Gasteiger partial charge in [-0.2, -0.15) is 0 Å². The molecule has 2 N–H and O–H groups in total. The number of piperazine rings is 1. The largest absolute Gasteiger partial charge is 0.326 e. The van der Waals surface area contributed by atoms with Gasteiger partial charge in [0.1, 0.15) is 0 Å². The lowest BCUT2D eigenvalue weighted by Gasteiger charge is -2.38. The smallest absolute Gasteiger partial charge is 0.0588 e. The summed E-state index contributed by atoms with van der Waals surface area (Å²) >= 11 is 0. The molecule has 0 saturated carbocycles. The molecule has 17 heavy (non-hydrogen) atoms. The van der Waals surface area contributed by atoms with Crippen LogP contribution in [0.3, 0.4) is 0 Å². The van der Waals surface area contributed by atoms with E-state index in [0.717, 1.165) is 31.9 Å².